The molecule has 118 valence electrons. The number of aliphatic hydroxyl groups excluding tert-OH is 1. The maximum atomic E-state index is 10.0. The molecular weight excluding hydrogens is 346 g/mol. The standard InChI is InChI=1S/C17H20BrNO3/c1-21-13-8-12(18)11-6-9(19)2-4-17-5-3-10(20)7-14(17)22-16(13)15(11)17/h3,5,8-10,14,20H,2,4,6-7,19H2,1H3/t9?,10-,14-,17+/m0/s1. The van der Waals surface area contributed by atoms with Crippen molar-refractivity contribution in [3.8, 4) is 11.5 Å². The van der Waals surface area contributed by atoms with E-state index in [9.17, 15) is 5.11 Å². The largest absolute Gasteiger partial charge is 0.493 e. The van der Waals surface area contributed by atoms with E-state index in [1.165, 1.54) is 11.1 Å². The lowest BCUT2D eigenvalue weighted by atomic mass is 9.69. The number of ether oxygens (including phenoxy) is 2. The van der Waals surface area contributed by atoms with Gasteiger partial charge in [0.15, 0.2) is 11.5 Å². The molecule has 0 radical (unpaired) electrons. The Bertz CT molecular complexity index is 660. The van der Waals surface area contributed by atoms with E-state index in [2.05, 4.69) is 22.0 Å². The molecule has 3 aliphatic rings. The smallest absolute Gasteiger partial charge is 0.166 e. The molecule has 4 atom stereocenters. The SMILES string of the molecule is COc1cc(Br)c2c3c1O[C@H]1C[C@@H](O)C=C[C@@]31CCC(N)C2. The van der Waals surface area contributed by atoms with Crippen LogP contribution in [0.4, 0.5) is 0 Å². The third kappa shape index (κ3) is 1.88. The molecule has 0 saturated heterocycles. The molecule has 1 unspecified atom stereocenters. The number of aliphatic hydroxyl groups is 1. The zero-order chi connectivity index (χ0) is 15.5. The Morgan fingerprint density at radius 3 is 3.09 bits per heavy atom. The second kappa shape index (κ2) is 4.98. The summed E-state index contributed by atoms with van der Waals surface area (Å²) < 4.78 is 12.8. The Morgan fingerprint density at radius 1 is 1.50 bits per heavy atom. The molecule has 1 aliphatic heterocycles. The highest BCUT2D eigenvalue weighted by Crippen LogP contribution is 2.57. The quantitative estimate of drug-likeness (QED) is 0.750. The van der Waals surface area contributed by atoms with Gasteiger partial charge in [0.25, 0.3) is 0 Å². The highest BCUT2D eigenvalue weighted by molar-refractivity contribution is 9.10. The minimum absolute atomic E-state index is 0.0465. The molecule has 22 heavy (non-hydrogen) atoms. The number of hydrogen-bond acceptors (Lipinski definition) is 4. The van der Waals surface area contributed by atoms with Crippen molar-refractivity contribution in [2.24, 2.45) is 5.73 Å². The second-order valence-electron chi connectivity index (χ2n) is 6.56. The van der Waals surface area contributed by atoms with Crippen LogP contribution in [0.25, 0.3) is 0 Å². The van der Waals surface area contributed by atoms with Crippen LogP contribution in [0.1, 0.15) is 30.4 Å². The Kier molecular flexibility index (Phi) is 3.29. The summed E-state index contributed by atoms with van der Waals surface area (Å²) in [5.41, 5.74) is 8.55. The average molecular weight is 366 g/mol. The van der Waals surface area contributed by atoms with Gasteiger partial charge >= 0.3 is 0 Å². The normalized spacial score (nSPS) is 35.4. The van der Waals surface area contributed by atoms with Gasteiger partial charge in [-0.05, 0) is 30.9 Å². The van der Waals surface area contributed by atoms with E-state index in [1.807, 2.05) is 12.1 Å². The van der Waals surface area contributed by atoms with Crippen LogP contribution in [0.2, 0.25) is 0 Å². The lowest BCUT2D eigenvalue weighted by molar-refractivity contribution is 0.0838. The molecule has 5 heteroatoms. The number of benzene rings is 1. The monoisotopic (exact) mass is 365 g/mol. The molecule has 0 bridgehead atoms. The van der Waals surface area contributed by atoms with Gasteiger partial charge in [-0.2, -0.15) is 0 Å². The van der Waals surface area contributed by atoms with E-state index in [4.69, 9.17) is 15.2 Å². The van der Waals surface area contributed by atoms with Crippen molar-refractivity contribution in [2.45, 2.75) is 49.3 Å². The topological polar surface area (TPSA) is 64.7 Å². The van der Waals surface area contributed by atoms with Crippen molar-refractivity contribution in [3.63, 3.8) is 0 Å². The van der Waals surface area contributed by atoms with Crippen LogP contribution in [0.3, 0.4) is 0 Å². The summed E-state index contributed by atoms with van der Waals surface area (Å²) >= 11 is 3.69. The van der Waals surface area contributed by atoms with Crippen LogP contribution in [0, 0.1) is 0 Å². The Labute approximate surface area is 138 Å². The minimum Gasteiger partial charge on any atom is -0.493 e. The Balaban J connectivity index is 2.00. The van der Waals surface area contributed by atoms with Crippen molar-refractivity contribution in [1.82, 2.24) is 0 Å². The van der Waals surface area contributed by atoms with E-state index in [-0.39, 0.29) is 17.6 Å². The highest BCUT2D eigenvalue weighted by atomic mass is 79.9. The summed E-state index contributed by atoms with van der Waals surface area (Å²) in [5, 5.41) is 10.0. The summed E-state index contributed by atoms with van der Waals surface area (Å²) in [6.45, 7) is 0. The summed E-state index contributed by atoms with van der Waals surface area (Å²) in [5.74, 6) is 1.58. The predicted molar refractivity (Wildman–Crippen MR) is 87.5 cm³/mol. The van der Waals surface area contributed by atoms with E-state index in [0.29, 0.717) is 6.42 Å². The van der Waals surface area contributed by atoms with E-state index in [1.54, 1.807) is 7.11 Å². The van der Waals surface area contributed by atoms with Crippen LogP contribution < -0.4 is 15.2 Å². The summed E-state index contributed by atoms with van der Waals surface area (Å²) in [6, 6.07) is 2.12. The fourth-order valence-corrected chi connectivity index (χ4v) is 4.77. The number of rotatable bonds is 1. The first-order chi connectivity index (χ1) is 10.5. The minimum atomic E-state index is -0.445. The van der Waals surface area contributed by atoms with E-state index >= 15 is 0 Å². The van der Waals surface area contributed by atoms with Gasteiger partial charge in [0.2, 0.25) is 0 Å². The van der Waals surface area contributed by atoms with Gasteiger partial charge in [-0.25, -0.2) is 0 Å². The summed E-state index contributed by atoms with van der Waals surface area (Å²) in [7, 11) is 1.66. The Morgan fingerprint density at radius 2 is 2.32 bits per heavy atom. The molecule has 1 spiro atoms. The molecule has 1 aromatic rings. The third-order valence-electron chi connectivity index (χ3n) is 5.29. The molecule has 0 fully saturated rings. The first-order valence-corrected chi connectivity index (χ1v) is 8.54. The molecular formula is C17H20BrNO3. The van der Waals surface area contributed by atoms with E-state index in [0.717, 1.165) is 35.2 Å². The molecule has 0 saturated carbocycles. The van der Waals surface area contributed by atoms with Crippen molar-refractivity contribution >= 4 is 15.9 Å². The van der Waals surface area contributed by atoms with Gasteiger partial charge in [0, 0.05) is 22.5 Å². The molecule has 4 nitrogen and oxygen atoms in total. The maximum absolute atomic E-state index is 10.0. The predicted octanol–water partition coefficient (Wildman–Crippen LogP) is 2.44. The van der Waals surface area contributed by atoms with Gasteiger partial charge in [0.05, 0.1) is 18.6 Å². The highest BCUT2D eigenvalue weighted by Gasteiger charge is 2.53. The fourth-order valence-electron chi connectivity index (χ4n) is 4.20. The van der Waals surface area contributed by atoms with Crippen molar-refractivity contribution in [1.29, 1.82) is 0 Å². The third-order valence-corrected chi connectivity index (χ3v) is 5.99. The lowest BCUT2D eigenvalue weighted by Crippen LogP contribution is -2.42. The van der Waals surface area contributed by atoms with Crippen molar-refractivity contribution < 1.29 is 14.6 Å². The molecule has 4 rings (SSSR count). The average Bonchev–Trinajstić information content (AvgIpc) is 2.74. The molecule has 0 aromatic heterocycles. The van der Waals surface area contributed by atoms with Crippen molar-refractivity contribution in [3.05, 3.63) is 33.8 Å². The summed E-state index contributed by atoms with van der Waals surface area (Å²) in [4.78, 5) is 0. The van der Waals surface area contributed by atoms with Crippen LogP contribution in [-0.4, -0.2) is 30.5 Å². The first-order valence-electron chi connectivity index (χ1n) is 7.74. The molecule has 2 aliphatic carbocycles. The Hall–Kier alpha value is -1.04. The number of nitrogens with two attached hydrogens (primary N) is 1. The van der Waals surface area contributed by atoms with Crippen LogP contribution in [-0.2, 0) is 11.8 Å². The van der Waals surface area contributed by atoms with E-state index < -0.39 is 6.10 Å². The van der Waals surface area contributed by atoms with Crippen LogP contribution in [0.15, 0.2) is 22.7 Å². The van der Waals surface area contributed by atoms with Crippen molar-refractivity contribution in [2.75, 3.05) is 7.11 Å². The second-order valence-corrected chi connectivity index (χ2v) is 7.41. The lowest BCUT2D eigenvalue weighted by Gasteiger charge is -2.35. The number of halogens is 1. The zero-order valence-corrected chi connectivity index (χ0v) is 14.1. The van der Waals surface area contributed by atoms with Crippen LogP contribution >= 0.6 is 15.9 Å². The van der Waals surface area contributed by atoms with Gasteiger partial charge in [-0.1, -0.05) is 28.1 Å². The first kappa shape index (κ1) is 14.5. The summed E-state index contributed by atoms with van der Waals surface area (Å²) in [6.07, 6.45) is 6.90. The molecule has 0 amide bonds. The van der Waals surface area contributed by atoms with Gasteiger partial charge in [-0.3, -0.25) is 0 Å². The number of hydrogen-bond donors (Lipinski definition) is 2. The van der Waals surface area contributed by atoms with Crippen LogP contribution in [0.5, 0.6) is 11.5 Å². The van der Waals surface area contributed by atoms with Gasteiger partial charge in [-0.15, -0.1) is 0 Å². The molecule has 3 N–H and O–H groups in total. The maximum Gasteiger partial charge on any atom is 0.166 e. The van der Waals surface area contributed by atoms with Gasteiger partial charge < -0.3 is 20.3 Å². The molecule has 1 heterocycles. The zero-order valence-electron chi connectivity index (χ0n) is 12.5. The molecule has 1 aromatic carbocycles. The van der Waals surface area contributed by atoms with Gasteiger partial charge in [0.1, 0.15) is 6.10 Å². The number of methoxy groups -OCH3 is 1. The fraction of sp³-hybridized carbons (Fsp3) is 0.529.